The average Bonchev–Trinajstić information content (AvgIpc) is 2.92. The Bertz CT molecular complexity index is 1080. The van der Waals surface area contributed by atoms with Gasteiger partial charge in [0.15, 0.2) is 6.29 Å². The number of carbonyl (C=O) groups excluding carboxylic acids is 2. The summed E-state index contributed by atoms with van der Waals surface area (Å²) >= 11 is 3.68. The van der Waals surface area contributed by atoms with Crippen LogP contribution in [0.25, 0.3) is 0 Å². The maximum atomic E-state index is 13.8. The fourth-order valence-corrected chi connectivity index (χ4v) is 4.69. The van der Waals surface area contributed by atoms with E-state index < -0.39 is 29.5 Å². The summed E-state index contributed by atoms with van der Waals surface area (Å²) < 4.78 is 39.5. The van der Waals surface area contributed by atoms with Crippen molar-refractivity contribution >= 4 is 40.4 Å². The van der Waals surface area contributed by atoms with Crippen molar-refractivity contribution in [1.29, 1.82) is 0 Å². The third kappa shape index (κ3) is 10.7. The van der Waals surface area contributed by atoms with Crippen molar-refractivity contribution in [2.45, 2.75) is 58.9 Å². The van der Waals surface area contributed by atoms with E-state index in [0.717, 1.165) is 5.56 Å². The van der Waals surface area contributed by atoms with Gasteiger partial charge in [-0.05, 0) is 69.7 Å². The average molecular weight is 598 g/mol. The van der Waals surface area contributed by atoms with Gasteiger partial charge in [-0.15, -0.1) is 0 Å². The highest BCUT2D eigenvalue weighted by Gasteiger charge is 2.30. The summed E-state index contributed by atoms with van der Waals surface area (Å²) in [5, 5.41) is 3.41. The maximum Gasteiger partial charge on any atom is 0.261 e. The summed E-state index contributed by atoms with van der Waals surface area (Å²) in [4.78, 5) is 28.6. The zero-order valence-corrected chi connectivity index (χ0v) is 25.2. The highest BCUT2D eigenvalue weighted by molar-refractivity contribution is 7.80. The van der Waals surface area contributed by atoms with Gasteiger partial charge in [-0.2, -0.15) is 0 Å². The van der Waals surface area contributed by atoms with E-state index in [4.69, 9.17) is 25.8 Å². The van der Waals surface area contributed by atoms with Gasteiger partial charge in [0.25, 0.3) is 11.3 Å². The second-order valence-corrected chi connectivity index (χ2v) is 10.5. The highest BCUT2D eigenvalue weighted by atomic mass is 35.5. The first kappa shape index (κ1) is 33.5. The van der Waals surface area contributed by atoms with E-state index in [9.17, 15) is 18.4 Å². The first-order valence-corrected chi connectivity index (χ1v) is 14.6. The number of hydrogen-bond acceptors (Lipinski definition) is 6. The molecule has 2 aromatic carbocycles. The molecule has 2 atom stereocenters. The summed E-state index contributed by atoms with van der Waals surface area (Å²) in [5.41, 5.74) is 1.27. The van der Waals surface area contributed by atoms with Gasteiger partial charge < -0.3 is 24.4 Å². The molecule has 2 amide bonds. The predicted molar refractivity (Wildman–Crippen MR) is 157 cm³/mol. The van der Waals surface area contributed by atoms with E-state index in [-0.39, 0.29) is 37.9 Å². The van der Waals surface area contributed by atoms with Gasteiger partial charge in [-0.3, -0.25) is 18.4 Å². The van der Waals surface area contributed by atoms with Crippen LogP contribution in [0.1, 0.15) is 39.7 Å². The van der Waals surface area contributed by atoms with Gasteiger partial charge in [0.05, 0.1) is 19.3 Å². The van der Waals surface area contributed by atoms with Crippen molar-refractivity contribution < 1.29 is 32.6 Å². The molecule has 2 rings (SSSR count). The second kappa shape index (κ2) is 17.2. The number of hydrogen-bond donors (Lipinski definition) is 2. The van der Waals surface area contributed by atoms with Gasteiger partial charge in [-0.1, -0.05) is 23.7 Å². The molecule has 0 aliphatic heterocycles. The topological polar surface area (TPSA) is 118 Å². The number of methoxy groups -OCH3 is 1. The number of nitrogens with one attached hydrogen (secondary N) is 1. The smallest absolute Gasteiger partial charge is 0.261 e. The van der Waals surface area contributed by atoms with E-state index in [0.29, 0.717) is 29.7 Å². The lowest BCUT2D eigenvalue weighted by Crippen LogP contribution is -2.54. The third-order valence-corrected chi connectivity index (χ3v) is 7.06. The summed E-state index contributed by atoms with van der Waals surface area (Å²) in [6.07, 6.45) is -0.497. The van der Waals surface area contributed by atoms with Crippen molar-refractivity contribution in [3.63, 3.8) is 0 Å². The molecule has 0 aliphatic carbocycles. The fourth-order valence-electron chi connectivity index (χ4n) is 4.01. The quantitative estimate of drug-likeness (QED) is 0.209. The van der Waals surface area contributed by atoms with Crippen LogP contribution in [-0.4, -0.2) is 77.3 Å². The standard InChI is InChI=1S/C28H40ClN3O7S/c1-6-38-27(39-7-2)19-31(20(3)4)28(34)25(18-21-8-10-22(29)11-9-21)30-26(33)16-17-32(40(35)36)23-12-14-24(37-5)15-13-23/h8-15,20,25,27H,6-7,16-19H2,1-5H3,(H,30,33)(H,35,36). The van der Waals surface area contributed by atoms with Gasteiger partial charge in [0, 0.05) is 43.7 Å². The van der Waals surface area contributed by atoms with Crippen molar-refractivity contribution in [3.8, 4) is 5.75 Å². The molecule has 2 N–H and O–H groups in total. The Labute approximate surface area is 244 Å². The predicted octanol–water partition coefficient (Wildman–Crippen LogP) is 4.05. The Hall–Kier alpha value is -2.70. The van der Waals surface area contributed by atoms with Crippen molar-refractivity contribution in [2.24, 2.45) is 0 Å². The van der Waals surface area contributed by atoms with Crippen LogP contribution in [0.4, 0.5) is 5.69 Å². The molecule has 0 spiro atoms. The summed E-state index contributed by atoms with van der Waals surface area (Å²) in [5.74, 6) is -0.133. The van der Waals surface area contributed by atoms with Gasteiger partial charge in [-0.25, -0.2) is 4.21 Å². The summed E-state index contributed by atoms with van der Waals surface area (Å²) in [6.45, 7) is 8.47. The van der Waals surface area contributed by atoms with Crippen LogP contribution in [0.3, 0.4) is 0 Å². The molecule has 12 heteroatoms. The van der Waals surface area contributed by atoms with Gasteiger partial charge >= 0.3 is 0 Å². The van der Waals surface area contributed by atoms with E-state index in [1.807, 2.05) is 27.7 Å². The van der Waals surface area contributed by atoms with Crippen LogP contribution in [-0.2, 0) is 36.8 Å². The minimum absolute atomic E-state index is 0.0478. The van der Waals surface area contributed by atoms with Crippen molar-refractivity contribution in [1.82, 2.24) is 10.2 Å². The lowest BCUT2D eigenvalue weighted by atomic mass is 10.0. The Morgan fingerprint density at radius 2 is 1.62 bits per heavy atom. The lowest BCUT2D eigenvalue weighted by molar-refractivity contribution is -0.163. The van der Waals surface area contributed by atoms with Crippen LogP contribution < -0.4 is 14.4 Å². The number of rotatable bonds is 17. The first-order chi connectivity index (χ1) is 19.1. The first-order valence-electron chi connectivity index (χ1n) is 13.2. The molecule has 40 heavy (non-hydrogen) atoms. The van der Waals surface area contributed by atoms with Crippen LogP contribution >= 0.6 is 11.6 Å². The summed E-state index contributed by atoms with van der Waals surface area (Å²) in [7, 11) is 1.53. The number of carbonyl (C=O) groups is 2. The number of nitrogens with zero attached hydrogens (tertiary/aromatic N) is 2. The number of halogens is 1. The zero-order chi connectivity index (χ0) is 29.7. The number of amides is 2. The Morgan fingerprint density at radius 1 is 1.02 bits per heavy atom. The molecule has 0 bridgehead atoms. The van der Waals surface area contributed by atoms with Crippen LogP contribution in [0.5, 0.6) is 5.75 Å². The van der Waals surface area contributed by atoms with Crippen molar-refractivity contribution in [2.75, 3.05) is 37.7 Å². The molecular formula is C28H40ClN3O7S. The Balaban J connectivity index is 2.22. The molecule has 2 aromatic rings. The molecule has 0 aliphatic rings. The van der Waals surface area contributed by atoms with E-state index in [2.05, 4.69) is 5.32 Å². The largest absolute Gasteiger partial charge is 0.497 e. The molecule has 0 fully saturated rings. The molecule has 0 heterocycles. The van der Waals surface area contributed by atoms with Crippen LogP contribution in [0.2, 0.25) is 5.02 Å². The Kier molecular flexibility index (Phi) is 14.4. The lowest BCUT2D eigenvalue weighted by Gasteiger charge is -2.33. The molecule has 10 nitrogen and oxygen atoms in total. The highest BCUT2D eigenvalue weighted by Crippen LogP contribution is 2.21. The summed E-state index contributed by atoms with van der Waals surface area (Å²) in [6, 6.07) is 12.6. The minimum atomic E-state index is -2.36. The van der Waals surface area contributed by atoms with E-state index in [1.54, 1.807) is 53.4 Å². The van der Waals surface area contributed by atoms with E-state index >= 15 is 0 Å². The zero-order valence-electron chi connectivity index (χ0n) is 23.7. The number of ether oxygens (including phenoxy) is 3. The fraction of sp³-hybridized carbons (Fsp3) is 0.500. The number of anilines is 1. The molecule has 222 valence electrons. The van der Waals surface area contributed by atoms with Gasteiger partial charge in [0.2, 0.25) is 11.8 Å². The number of benzene rings is 2. The molecule has 0 aromatic heterocycles. The Morgan fingerprint density at radius 3 is 2.12 bits per heavy atom. The van der Waals surface area contributed by atoms with Crippen LogP contribution in [0, 0.1) is 0 Å². The molecule has 0 saturated heterocycles. The second-order valence-electron chi connectivity index (χ2n) is 9.16. The molecule has 2 unspecified atom stereocenters. The monoisotopic (exact) mass is 597 g/mol. The SMILES string of the molecule is CCOC(CN(C(=O)C(Cc1ccc(Cl)cc1)NC(=O)CCN(c1ccc(OC)cc1)S(=O)O)C(C)C)OCC. The normalized spacial score (nSPS) is 12.7. The third-order valence-electron chi connectivity index (χ3n) is 6.03. The van der Waals surface area contributed by atoms with Gasteiger partial charge in [0.1, 0.15) is 11.8 Å². The van der Waals surface area contributed by atoms with E-state index in [1.165, 1.54) is 11.4 Å². The minimum Gasteiger partial charge on any atom is -0.497 e. The van der Waals surface area contributed by atoms with Crippen molar-refractivity contribution in [3.05, 3.63) is 59.1 Å². The maximum absolute atomic E-state index is 13.8. The molecular weight excluding hydrogens is 558 g/mol. The molecule has 0 saturated carbocycles. The van der Waals surface area contributed by atoms with Crippen LogP contribution in [0.15, 0.2) is 48.5 Å². The molecule has 0 radical (unpaired) electrons.